The summed E-state index contributed by atoms with van der Waals surface area (Å²) in [5.74, 6) is 2.38. The molecule has 1 heterocycles. The third-order valence-electron chi connectivity index (χ3n) is 5.78. The van der Waals surface area contributed by atoms with Crippen LogP contribution in [0.2, 0.25) is 0 Å². The molecule has 2 aliphatic rings. The van der Waals surface area contributed by atoms with Gasteiger partial charge in [-0.2, -0.15) is 0 Å². The van der Waals surface area contributed by atoms with Crippen molar-refractivity contribution in [3.05, 3.63) is 77.0 Å². The van der Waals surface area contributed by atoms with Gasteiger partial charge in [-0.15, -0.1) is 0 Å². The lowest BCUT2D eigenvalue weighted by Crippen LogP contribution is -2.32. The lowest BCUT2D eigenvalue weighted by molar-refractivity contribution is 0.225. The van der Waals surface area contributed by atoms with Crippen LogP contribution in [0.4, 0.5) is 0 Å². The van der Waals surface area contributed by atoms with E-state index in [2.05, 4.69) is 66.2 Å². The molecule has 0 bridgehead atoms. The van der Waals surface area contributed by atoms with Crippen LogP contribution < -0.4 is 10.1 Å². The number of hydrogen-bond acceptors (Lipinski definition) is 3. The highest BCUT2D eigenvalue weighted by Crippen LogP contribution is 2.33. The van der Waals surface area contributed by atoms with Gasteiger partial charge < -0.3 is 10.1 Å². The van der Waals surface area contributed by atoms with E-state index in [1.807, 2.05) is 6.92 Å². The molecule has 2 aromatic rings. The Kier molecular flexibility index (Phi) is 5.72. The highest BCUT2D eigenvalue weighted by atomic mass is 16.5. The largest absolute Gasteiger partial charge is 0.493 e. The number of ether oxygens (including phenoxy) is 1. The average Bonchev–Trinajstić information content (AvgIpc) is 3.50. The zero-order valence-electron chi connectivity index (χ0n) is 17.2. The molecule has 1 fully saturated rings. The molecule has 1 N–H and O–H groups in total. The Morgan fingerprint density at radius 2 is 1.89 bits per heavy atom. The highest BCUT2D eigenvalue weighted by Gasteiger charge is 2.24. The second-order valence-electron chi connectivity index (χ2n) is 8.64. The summed E-state index contributed by atoms with van der Waals surface area (Å²) in [5.41, 5.74) is 6.58. The van der Waals surface area contributed by atoms with Gasteiger partial charge in [-0.05, 0) is 66.0 Å². The first-order chi connectivity index (χ1) is 13.6. The van der Waals surface area contributed by atoms with Crippen LogP contribution >= 0.6 is 0 Å². The van der Waals surface area contributed by atoms with Gasteiger partial charge in [0, 0.05) is 31.9 Å². The number of hydrogen-bond donors (Lipinski definition) is 1. The van der Waals surface area contributed by atoms with Crippen molar-refractivity contribution in [3.63, 3.8) is 0 Å². The lowest BCUT2D eigenvalue weighted by atomic mass is 9.90. The van der Waals surface area contributed by atoms with E-state index in [0.29, 0.717) is 5.92 Å². The maximum Gasteiger partial charge on any atom is 0.119 e. The minimum absolute atomic E-state index is 0.535. The molecule has 0 aromatic heterocycles. The van der Waals surface area contributed by atoms with Crippen molar-refractivity contribution >= 4 is 0 Å². The summed E-state index contributed by atoms with van der Waals surface area (Å²) in [6.45, 7) is 13.1. The predicted octanol–water partition coefficient (Wildman–Crippen LogP) is 5.22. The van der Waals surface area contributed by atoms with Crippen LogP contribution in [-0.4, -0.2) is 18.1 Å². The van der Waals surface area contributed by atoms with E-state index < -0.39 is 0 Å². The molecule has 3 heteroatoms. The Morgan fingerprint density at radius 3 is 2.61 bits per heavy atom. The first kappa shape index (κ1) is 19.1. The Morgan fingerprint density at radius 1 is 1.14 bits per heavy atom. The van der Waals surface area contributed by atoms with Gasteiger partial charge in [0.05, 0.1) is 6.61 Å². The van der Waals surface area contributed by atoms with Gasteiger partial charge >= 0.3 is 0 Å². The van der Waals surface area contributed by atoms with Crippen molar-refractivity contribution in [1.82, 2.24) is 10.2 Å². The predicted molar refractivity (Wildman–Crippen MR) is 115 cm³/mol. The zero-order chi connectivity index (χ0) is 19.5. The molecule has 28 heavy (non-hydrogen) atoms. The molecule has 2 aromatic carbocycles. The molecule has 0 amide bonds. The maximum absolute atomic E-state index is 5.99. The first-order valence-corrected chi connectivity index (χ1v) is 10.5. The van der Waals surface area contributed by atoms with Crippen LogP contribution in [0.25, 0.3) is 0 Å². The number of nitrogens with zero attached hydrogens (tertiary/aromatic N) is 1. The van der Waals surface area contributed by atoms with E-state index >= 15 is 0 Å². The molecule has 1 unspecified atom stereocenters. The van der Waals surface area contributed by atoms with Gasteiger partial charge in [0.1, 0.15) is 5.75 Å². The minimum atomic E-state index is 0.535. The summed E-state index contributed by atoms with van der Waals surface area (Å²) in [7, 11) is 0. The van der Waals surface area contributed by atoms with Gasteiger partial charge in [0.2, 0.25) is 0 Å². The molecule has 1 atom stereocenters. The summed E-state index contributed by atoms with van der Waals surface area (Å²) in [5, 5.41) is 3.29. The normalized spacial score (nSPS) is 19.1. The summed E-state index contributed by atoms with van der Waals surface area (Å²) in [6, 6.07) is 15.7. The first-order valence-electron chi connectivity index (χ1n) is 10.5. The SMILES string of the molecule is C=C(C)NCc1ccc(CN2Cc3ccc(OCC4CC4)cc3C(C)C2)cc1. The van der Waals surface area contributed by atoms with E-state index in [4.69, 9.17) is 4.74 Å². The second kappa shape index (κ2) is 8.40. The molecule has 0 spiro atoms. The van der Waals surface area contributed by atoms with Crippen molar-refractivity contribution in [3.8, 4) is 5.75 Å². The fourth-order valence-electron chi connectivity index (χ4n) is 3.95. The van der Waals surface area contributed by atoms with E-state index in [9.17, 15) is 0 Å². The van der Waals surface area contributed by atoms with Crippen LogP contribution in [0, 0.1) is 5.92 Å². The monoisotopic (exact) mass is 376 g/mol. The lowest BCUT2D eigenvalue weighted by Gasteiger charge is -2.33. The van der Waals surface area contributed by atoms with Crippen molar-refractivity contribution in [2.24, 2.45) is 5.92 Å². The number of rotatable bonds is 8. The Hall–Kier alpha value is -2.26. The van der Waals surface area contributed by atoms with Crippen LogP contribution in [0.15, 0.2) is 54.7 Å². The van der Waals surface area contributed by atoms with Crippen LogP contribution in [0.3, 0.4) is 0 Å². The van der Waals surface area contributed by atoms with Crippen molar-refractivity contribution < 1.29 is 4.74 Å². The van der Waals surface area contributed by atoms with Gasteiger partial charge in [0.15, 0.2) is 0 Å². The fraction of sp³-hybridized carbons (Fsp3) is 0.440. The molecule has 4 rings (SSSR count). The number of benzene rings is 2. The van der Waals surface area contributed by atoms with Gasteiger partial charge in [-0.25, -0.2) is 0 Å². The second-order valence-corrected chi connectivity index (χ2v) is 8.64. The van der Waals surface area contributed by atoms with Crippen molar-refractivity contribution in [2.45, 2.75) is 52.2 Å². The van der Waals surface area contributed by atoms with Crippen molar-refractivity contribution in [1.29, 1.82) is 0 Å². The highest BCUT2D eigenvalue weighted by molar-refractivity contribution is 5.39. The fourth-order valence-corrected chi connectivity index (χ4v) is 3.95. The zero-order valence-corrected chi connectivity index (χ0v) is 17.2. The van der Waals surface area contributed by atoms with Crippen LogP contribution in [0.5, 0.6) is 5.75 Å². The van der Waals surface area contributed by atoms with Gasteiger partial charge in [0.25, 0.3) is 0 Å². The summed E-state index contributed by atoms with van der Waals surface area (Å²) < 4.78 is 5.99. The summed E-state index contributed by atoms with van der Waals surface area (Å²) in [4.78, 5) is 2.55. The molecule has 1 aliphatic carbocycles. The maximum atomic E-state index is 5.99. The molecular formula is C25H32N2O. The van der Waals surface area contributed by atoms with Crippen LogP contribution in [-0.2, 0) is 19.6 Å². The number of fused-ring (bicyclic) bond motifs is 1. The molecule has 1 aliphatic heterocycles. The molecule has 3 nitrogen and oxygen atoms in total. The molecule has 0 saturated heterocycles. The van der Waals surface area contributed by atoms with E-state index in [1.54, 1.807) is 0 Å². The standard InChI is InChI=1S/C25H32N2O/c1-18(2)26-13-20-4-6-21(7-5-20)15-27-14-19(3)25-12-24(11-10-23(25)16-27)28-17-22-8-9-22/h4-7,10-12,19,22,26H,1,8-9,13-17H2,2-3H3. The topological polar surface area (TPSA) is 24.5 Å². The Bertz CT molecular complexity index is 823. The average molecular weight is 377 g/mol. The summed E-state index contributed by atoms with van der Waals surface area (Å²) >= 11 is 0. The number of nitrogens with one attached hydrogen (secondary N) is 1. The molecular weight excluding hydrogens is 344 g/mol. The quantitative estimate of drug-likeness (QED) is 0.684. The van der Waals surface area contributed by atoms with E-state index in [-0.39, 0.29) is 0 Å². The van der Waals surface area contributed by atoms with Crippen LogP contribution in [0.1, 0.15) is 54.9 Å². The van der Waals surface area contributed by atoms with E-state index in [0.717, 1.165) is 50.2 Å². The van der Waals surface area contributed by atoms with Gasteiger partial charge in [-0.3, -0.25) is 4.90 Å². The third kappa shape index (κ3) is 4.96. The molecule has 148 valence electrons. The molecule has 1 saturated carbocycles. The Labute approximate surface area is 169 Å². The van der Waals surface area contributed by atoms with E-state index in [1.165, 1.54) is 35.1 Å². The summed E-state index contributed by atoms with van der Waals surface area (Å²) in [6.07, 6.45) is 2.67. The number of allylic oxidation sites excluding steroid dienone is 1. The Balaban J connectivity index is 1.36. The smallest absolute Gasteiger partial charge is 0.119 e. The van der Waals surface area contributed by atoms with Gasteiger partial charge in [-0.1, -0.05) is 43.8 Å². The molecule has 0 radical (unpaired) electrons. The minimum Gasteiger partial charge on any atom is -0.493 e. The third-order valence-corrected chi connectivity index (χ3v) is 5.78. The van der Waals surface area contributed by atoms with Crippen molar-refractivity contribution in [2.75, 3.05) is 13.2 Å².